The Bertz CT molecular complexity index is 454. The van der Waals surface area contributed by atoms with Crippen molar-refractivity contribution in [3.63, 3.8) is 0 Å². The summed E-state index contributed by atoms with van der Waals surface area (Å²) in [6.45, 7) is 4.71. The van der Waals surface area contributed by atoms with Crippen LogP contribution in [-0.2, 0) is 10.0 Å². The van der Waals surface area contributed by atoms with Gasteiger partial charge in [-0.3, -0.25) is 0 Å². The fraction of sp³-hybridized carbons (Fsp3) is 0.538. The summed E-state index contributed by atoms with van der Waals surface area (Å²) in [5, 5.41) is 0. The highest BCUT2D eigenvalue weighted by atomic mass is 32.2. The van der Waals surface area contributed by atoms with Crippen molar-refractivity contribution in [2.45, 2.75) is 38.0 Å². The summed E-state index contributed by atoms with van der Waals surface area (Å²) in [6.07, 6.45) is 2.92. The summed E-state index contributed by atoms with van der Waals surface area (Å²) in [6, 6.07) is 4.83. The van der Waals surface area contributed by atoms with Gasteiger partial charge in [0.15, 0.2) is 0 Å². The molecule has 0 aliphatic heterocycles. The minimum absolute atomic E-state index is 0.104. The highest BCUT2D eigenvalue weighted by Gasteiger charge is 2.12. The predicted octanol–water partition coefficient (Wildman–Crippen LogP) is 2.93. The summed E-state index contributed by atoms with van der Waals surface area (Å²) in [5.41, 5.74) is 0. The molecule has 0 spiro atoms. The second-order valence-corrected chi connectivity index (χ2v) is 6.51. The average molecular weight is 273 g/mol. The van der Waals surface area contributed by atoms with Crippen LogP contribution in [0.1, 0.15) is 33.1 Å². The molecule has 102 valence electrons. The van der Waals surface area contributed by atoms with Gasteiger partial charge in [-0.15, -0.1) is 0 Å². The highest BCUT2D eigenvalue weighted by molar-refractivity contribution is 7.89. The largest absolute Gasteiger partial charge is 0.240 e. The third kappa shape index (κ3) is 5.14. The van der Waals surface area contributed by atoms with Crippen molar-refractivity contribution >= 4 is 10.0 Å². The van der Waals surface area contributed by atoms with Gasteiger partial charge in [0.1, 0.15) is 5.82 Å². The van der Waals surface area contributed by atoms with E-state index in [9.17, 15) is 12.8 Å². The van der Waals surface area contributed by atoms with E-state index in [0.717, 1.165) is 31.4 Å². The zero-order valence-electron chi connectivity index (χ0n) is 10.8. The van der Waals surface area contributed by atoms with Gasteiger partial charge in [0.05, 0.1) is 4.90 Å². The minimum Gasteiger partial charge on any atom is -0.211 e. The number of nitrogens with one attached hydrogen (secondary N) is 1. The SMILES string of the molecule is CC(C)CCCCNS(=O)(=O)c1ccc(F)cc1. The normalized spacial score (nSPS) is 12.0. The van der Waals surface area contributed by atoms with Gasteiger partial charge in [-0.2, -0.15) is 0 Å². The van der Waals surface area contributed by atoms with Gasteiger partial charge in [0.2, 0.25) is 10.0 Å². The van der Waals surface area contributed by atoms with E-state index in [4.69, 9.17) is 0 Å². The van der Waals surface area contributed by atoms with E-state index in [1.807, 2.05) is 0 Å². The minimum atomic E-state index is -3.49. The first-order chi connectivity index (χ1) is 8.42. The van der Waals surface area contributed by atoms with Crippen LogP contribution >= 0.6 is 0 Å². The summed E-state index contributed by atoms with van der Waals surface area (Å²) in [4.78, 5) is 0.104. The fourth-order valence-corrected chi connectivity index (χ4v) is 2.66. The molecule has 1 rings (SSSR count). The molecule has 0 radical (unpaired) electrons. The van der Waals surface area contributed by atoms with Gasteiger partial charge < -0.3 is 0 Å². The molecule has 0 aliphatic carbocycles. The Morgan fingerprint density at radius 1 is 1.17 bits per heavy atom. The Kier molecular flexibility index (Phi) is 5.75. The molecule has 0 fully saturated rings. The van der Waals surface area contributed by atoms with E-state index >= 15 is 0 Å². The maximum atomic E-state index is 12.7. The second-order valence-electron chi connectivity index (χ2n) is 4.74. The topological polar surface area (TPSA) is 46.2 Å². The van der Waals surface area contributed by atoms with Gasteiger partial charge in [0.25, 0.3) is 0 Å². The van der Waals surface area contributed by atoms with Crippen LogP contribution in [0.5, 0.6) is 0 Å². The van der Waals surface area contributed by atoms with Crippen LogP contribution in [-0.4, -0.2) is 15.0 Å². The Hall–Kier alpha value is -0.940. The predicted molar refractivity (Wildman–Crippen MR) is 70.3 cm³/mol. The van der Waals surface area contributed by atoms with E-state index in [2.05, 4.69) is 18.6 Å². The molecule has 0 aliphatic rings. The van der Waals surface area contributed by atoms with Crippen LogP contribution in [0.25, 0.3) is 0 Å². The molecule has 5 heteroatoms. The molecule has 1 N–H and O–H groups in total. The van der Waals surface area contributed by atoms with Crippen LogP contribution < -0.4 is 4.72 Å². The molecule has 3 nitrogen and oxygen atoms in total. The van der Waals surface area contributed by atoms with Gasteiger partial charge in [-0.05, 0) is 36.6 Å². The van der Waals surface area contributed by atoms with E-state index in [1.54, 1.807) is 0 Å². The van der Waals surface area contributed by atoms with Gasteiger partial charge in [-0.25, -0.2) is 17.5 Å². The summed E-state index contributed by atoms with van der Waals surface area (Å²) in [5.74, 6) is 0.199. The number of rotatable bonds is 7. The Labute approximate surface area is 108 Å². The molecule has 1 aromatic carbocycles. The lowest BCUT2D eigenvalue weighted by atomic mass is 10.1. The monoisotopic (exact) mass is 273 g/mol. The molecular weight excluding hydrogens is 253 g/mol. The first kappa shape index (κ1) is 15.1. The smallest absolute Gasteiger partial charge is 0.211 e. The molecule has 0 aromatic heterocycles. The molecule has 0 unspecified atom stereocenters. The number of halogens is 1. The average Bonchev–Trinajstić information content (AvgIpc) is 2.28. The molecule has 18 heavy (non-hydrogen) atoms. The van der Waals surface area contributed by atoms with Gasteiger partial charge in [0, 0.05) is 6.54 Å². The number of unbranched alkanes of at least 4 members (excludes halogenated alkanes) is 1. The maximum Gasteiger partial charge on any atom is 0.240 e. The standard InChI is InChI=1S/C13H20FNO2S/c1-11(2)5-3-4-10-15-18(16,17)13-8-6-12(14)7-9-13/h6-9,11,15H,3-5,10H2,1-2H3. The van der Waals surface area contributed by atoms with Crippen LogP contribution in [0.15, 0.2) is 29.2 Å². The Morgan fingerprint density at radius 3 is 2.33 bits per heavy atom. The molecular formula is C13H20FNO2S. The molecule has 0 amide bonds. The second kappa shape index (κ2) is 6.85. The zero-order chi connectivity index (χ0) is 13.6. The molecule has 0 saturated heterocycles. The van der Waals surface area contributed by atoms with Gasteiger partial charge in [-0.1, -0.05) is 26.7 Å². The van der Waals surface area contributed by atoms with E-state index in [1.165, 1.54) is 12.1 Å². The first-order valence-corrected chi connectivity index (χ1v) is 7.65. The van der Waals surface area contributed by atoms with E-state index in [0.29, 0.717) is 12.5 Å². The van der Waals surface area contributed by atoms with Crippen molar-refractivity contribution in [2.75, 3.05) is 6.54 Å². The van der Waals surface area contributed by atoms with E-state index < -0.39 is 15.8 Å². The molecule has 0 atom stereocenters. The van der Waals surface area contributed by atoms with Crippen molar-refractivity contribution in [1.82, 2.24) is 4.72 Å². The van der Waals surface area contributed by atoms with Crippen LogP contribution in [0.3, 0.4) is 0 Å². The van der Waals surface area contributed by atoms with Crippen molar-refractivity contribution < 1.29 is 12.8 Å². The van der Waals surface area contributed by atoms with Crippen molar-refractivity contribution in [3.8, 4) is 0 Å². The molecule has 0 bridgehead atoms. The third-order valence-corrected chi connectivity index (χ3v) is 4.10. The van der Waals surface area contributed by atoms with Crippen LogP contribution in [0.4, 0.5) is 4.39 Å². The number of hydrogen-bond donors (Lipinski definition) is 1. The van der Waals surface area contributed by atoms with Crippen molar-refractivity contribution in [3.05, 3.63) is 30.1 Å². The quantitative estimate of drug-likeness (QED) is 0.776. The lowest BCUT2D eigenvalue weighted by molar-refractivity contribution is 0.530. The lowest BCUT2D eigenvalue weighted by Gasteiger charge is -2.07. The van der Waals surface area contributed by atoms with E-state index in [-0.39, 0.29) is 4.90 Å². The highest BCUT2D eigenvalue weighted by Crippen LogP contribution is 2.10. The van der Waals surface area contributed by atoms with Crippen LogP contribution in [0.2, 0.25) is 0 Å². The van der Waals surface area contributed by atoms with Crippen LogP contribution in [0, 0.1) is 11.7 Å². The number of sulfonamides is 1. The Balaban J connectivity index is 2.43. The van der Waals surface area contributed by atoms with Crippen molar-refractivity contribution in [2.24, 2.45) is 5.92 Å². The first-order valence-electron chi connectivity index (χ1n) is 6.17. The Morgan fingerprint density at radius 2 is 1.78 bits per heavy atom. The lowest BCUT2D eigenvalue weighted by Crippen LogP contribution is -2.24. The third-order valence-electron chi connectivity index (χ3n) is 2.62. The molecule has 1 aromatic rings. The molecule has 0 saturated carbocycles. The molecule has 0 heterocycles. The summed E-state index contributed by atoms with van der Waals surface area (Å²) >= 11 is 0. The summed E-state index contributed by atoms with van der Waals surface area (Å²) in [7, 11) is -3.49. The maximum absolute atomic E-state index is 12.7. The number of hydrogen-bond acceptors (Lipinski definition) is 2. The fourth-order valence-electron chi connectivity index (χ4n) is 1.58. The summed E-state index contributed by atoms with van der Waals surface area (Å²) < 4.78 is 38.8. The zero-order valence-corrected chi connectivity index (χ0v) is 11.6. The van der Waals surface area contributed by atoms with Crippen molar-refractivity contribution in [1.29, 1.82) is 0 Å². The van der Waals surface area contributed by atoms with Gasteiger partial charge >= 0.3 is 0 Å². The number of benzene rings is 1.